The van der Waals surface area contributed by atoms with Gasteiger partial charge in [0, 0.05) is 0 Å². The third-order valence-electron chi connectivity index (χ3n) is 3.55. The molecule has 0 amide bonds. The summed E-state index contributed by atoms with van der Waals surface area (Å²) in [5, 5.41) is 19.8. The minimum Gasteiger partial charge on any atom is -0.372 e. The van der Waals surface area contributed by atoms with E-state index in [1.54, 1.807) is 12.1 Å². The van der Waals surface area contributed by atoms with Crippen LogP contribution in [0.5, 0.6) is 0 Å². The fraction of sp³-hybridized carbons (Fsp3) is 0.357. The molecule has 1 aromatic carbocycles. The number of terminal acetylenes is 1. The first-order valence-electron chi connectivity index (χ1n) is 5.27. The van der Waals surface area contributed by atoms with Gasteiger partial charge in [-0.1, -0.05) is 43.2 Å². The van der Waals surface area contributed by atoms with Crippen molar-refractivity contribution < 1.29 is 5.11 Å². The van der Waals surface area contributed by atoms with Crippen molar-refractivity contribution in [2.24, 2.45) is 11.3 Å². The van der Waals surface area contributed by atoms with Crippen LogP contribution in [0.4, 0.5) is 0 Å². The van der Waals surface area contributed by atoms with Crippen molar-refractivity contribution in [1.29, 1.82) is 5.26 Å². The maximum Gasteiger partial charge on any atom is 0.169 e. The van der Waals surface area contributed by atoms with Crippen molar-refractivity contribution in [3.63, 3.8) is 0 Å². The maximum absolute atomic E-state index is 10.6. The lowest BCUT2D eigenvalue weighted by atomic mass is 9.78. The highest BCUT2D eigenvalue weighted by atomic mass is 16.3. The molecule has 1 saturated carbocycles. The predicted molar refractivity (Wildman–Crippen MR) is 61.0 cm³/mol. The number of nitriles is 1. The van der Waals surface area contributed by atoms with E-state index in [1.165, 1.54) is 0 Å². The summed E-state index contributed by atoms with van der Waals surface area (Å²) >= 11 is 0. The Labute approximate surface area is 95.5 Å². The summed E-state index contributed by atoms with van der Waals surface area (Å²) in [4.78, 5) is 0. The first-order valence-corrected chi connectivity index (χ1v) is 5.27. The molecule has 2 heteroatoms. The van der Waals surface area contributed by atoms with Gasteiger partial charge in [-0.05, 0) is 17.9 Å². The van der Waals surface area contributed by atoms with Gasteiger partial charge in [0.05, 0.1) is 6.07 Å². The molecular weight excluding hydrogens is 198 g/mol. The number of hydrogen-bond donors (Lipinski definition) is 1. The standard InChI is InChI=1S/C14H13NO/c1-3-14(16,12-7-5-4-6-8-12)13(10-15)9-11(13)2/h1,4-8,11,16H,9H2,2H3/t11-,13+,14-/m0/s1. The topological polar surface area (TPSA) is 44.0 Å². The van der Waals surface area contributed by atoms with E-state index in [2.05, 4.69) is 12.0 Å². The summed E-state index contributed by atoms with van der Waals surface area (Å²) in [6, 6.07) is 11.2. The highest BCUT2D eigenvalue weighted by molar-refractivity contribution is 5.41. The first-order chi connectivity index (χ1) is 7.60. The normalized spacial score (nSPS) is 30.9. The second kappa shape index (κ2) is 3.37. The van der Waals surface area contributed by atoms with E-state index < -0.39 is 11.0 Å². The molecule has 0 unspecified atom stereocenters. The minimum absolute atomic E-state index is 0.138. The molecule has 0 heterocycles. The molecule has 1 aromatic rings. The fourth-order valence-corrected chi connectivity index (χ4v) is 2.31. The van der Waals surface area contributed by atoms with Crippen LogP contribution in [-0.2, 0) is 5.60 Å². The van der Waals surface area contributed by atoms with Gasteiger partial charge in [0.25, 0.3) is 0 Å². The monoisotopic (exact) mass is 211 g/mol. The molecule has 0 saturated heterocycles. The van der Waals surface area contributed by atoms with Crippen molar-refractivity contribution in [2.45, 2.75) is 18.9 Å². The van der Waals surface area contributed by atoms with Gasteiger partial charge in [0.1, 0.15) is 5.41 Å². The van der Waals surface area contributed by atoms with E-state index in [9.17, 15) is 10.4 Å². The van der Waals surface area contributed by atoms with E-state index in [4.69, 9.17) is 6.42 Å². The molecule has 0 radical (unpaired) electrons. The molecule has 80 valence electrons. The van der Waals surface area contributed by atoms with Crippen LogP contribution in [0.2, 0.25) is 0 Å². The highest BCUT2D eigenvalue weighted by Crippen LogP contribution is 2.62. The first kappa shape index (κ1) is 10.7. The average molecular weight is 211 g/mol. The summed E-state index contributed by atoms with van der Waals surface area (Å²) in [7, 11) is 0. The Bertz CT molecular complexity index is 482. The van der Waals surface area contributed by atoms with Gasteiger partial charge in [-0.15, -0.1) is 6.42 Å². The summed E-state index contributed by atoms with van der Waals surface area (Å²) in [5.74, 6) is 2.55. The van der Waals surface area contributed by atoms with Crippen molar-refractivity contribution in [3.05, 3.63) is 35.9 Å². The van der Waals surface area contributed by atoms with Gasteiger partial charge < -0.3 is 5.11 Å². The van der Waals surface area contributed by atoms with Crippen LogP contribution in [0, 0.1) is 35.0 Å². The smallest absolute Gasteiger partial charge is 0.169 e. The van der Waals surface area contributed by atoms with Crippen LogP contribution < -0.4 is 0 Å². The van der Waals surface area contributed by atoms with Crippen molar-refractivity contribution in [1.82, 2.24) is 0 Å². The molecule has 0 spiro atoms. The van der Waals surface area contributed by atoms with Gasteiger partial charge in [0.2, 0.25) is 0 Å². The zero-order chi connectivity index (χ0) is 11.8. The number of rotatable bonds is 2. The average Bonchev–Trinajstić information content (AvgIpc) is 3.02. The quantitative estimate of drug-likeness (QED) is 0.761. The van der Waals surface area contributed by atoms with Crippen LogP contribution in [0.3, 0.4) is 0 Å². The number of hydrogen-bond acceptors (Lipinski definition) is 2. The Morgan fingerprint density at radius 3 is 2.44 bits per heavy atom. The third kappa shape index (κ3) is 1.18. The highest BCUT2D eigenvalue weighted by Gasteiger charge is 2.65. The number of nitrogens with zero attached hydrogens (tertiary/aromatic N) is 1. The van der Waals surface area contributed by atoms with Crippen molar-refractivity contribution in [2.75, 3.05) is 0 Å². The molecular formula is C14H13NO. The predicted octanol–water partition coefficient (Wildman–Crippen LogP) is 2.06. The molecule has 0 bridgehead atoms. The zero-order valence-electron chi connectivity index (χ0n) is 9.14. The van der Waals surface area contributed by atoms with Crippen LogP contribution in [-0.4, -0.2) is 5.11 Å². The second-order valence-corrected chi connectivity index (χ2v) is 4.41. The van der Waals surface area contributed by atoms with Gasteiger partial charge in [-0.25, -0.2) is 0 Å². The Morgan fingerprint density at radius 2 is 2.06 bits per heavy atom. The number of benzene rings is 1. The van der Waals surface area contributed by atoms with Crippen LogP contribution >= 0.6 is 0 Å². The third-order valence-corrected chi connectivity index (χ3v) is 3.55. The van der Waals surface area contributed by atoms with E-state index in [0.29, 0.717) is 12.0 Å². The van der Waals surface area contributed by atoms with E-state index in [-0.39, 0.29) is 5.92 Å². The Balaban J connectivity index is 2.52. The lowest BCUT2D eigenvalue weighted by molar-refractivity contribution is 0.0392. The molecule has 1 aliphatic carbocycles. The number of aliphatic hydroxyl groups is 1. The van der Waals surface area contributed by atoms with Gasteiger partial charge in [0.15, 0.2) is 5.60 Å². The molecule has 1 aliphatic rings. The molecule has 16 heavy (non-hydrogen) atoms. The van der Waals surface area contributed by atoms with Gasteiger partial charge in [-0.3, -0.25) is 0 Å². The molecule has 1 fully saturated rings. The van der Waals surface area contributed by atoms with Gasteiger partial charge in [-0.2, -0.15) is 5.26 Å². The Kier molecular flexibility index (Phi) is 2.26. The van der Waals surface area contributed by atoms with Crippen LogP contribution in [0.1, 0.15) is 18.9 Å². The largest absolute Gasteiger partial charge is 0.372 e. The summed E-state index contributed by atoms with van der Waals surface area (Å²) in [6.45, 7) is 1.94. The van der Waals surface area contributed by atoms with Crippen molar-refractivity contribution >= 4 is 0 Å². The molecule has 0 aliphatic heterocycles. The molecule has 0 aromatic heterocycles. The fourth-order valence-electron chi connectivity index (χ4n) is 2.31. The molecule has 2 rings (SSSR count). The van der Waals surface area contributed by atoms with E-state index >= 15 is 0 Å². The lowest BCUT2D eigenvalue weighted by Crippen LogP contribution is -2.35. The second-order valence-electron chi connectivity index (χ2n) is 4.41. The summed E-state index contributed by atoms with van der Waals surface area (Å²) in [6.07, 6.45) is 6.10. The molecule has 1 N–H and O–H groups in total. The SMILES string of the molecule is C#C[C@](O)(c1ccccc1)[C@@]1(C#N)C[C@@H]1C. The van der Waals surface area contributed by atoms with E-state index in [0.717, 1.165) is 0 Å². The zero-order valence-corrected chi connectivity index (χ0v) is 9.14. The maximum atomic E-state index is 10.6. The van der Waals surface area contributed by atoms with Crippen LogP contribution in [0.25, 0.3) is 0 Å². The molecule has 2 nitrogen and oxygen atoms in total. The lowest BCUT2D eigenvalue weighted by Gasteiger charge is -2.28. The van der Waals surface area contributed by atoms with E-state index in [1.807, 2.05) is 25.1 Å². The summed E-state index contributed by atoms with van der Waals surface area (Å²) in [5.41, 5.74) is -1.66. The minimum atomic E-state index is -1.47. The molecule has 3 atom stereocenters. The Hall–Kier alpha value is -1.77. The van der Waals surface area contributed by atoms with Gasteiger partial charge >= 0.3 is 0 Å². The van der Waals surface area contributed by atoms with Crippen LogP contribution in [0.15, 0.2) is 30.3 Å². The van der Waals surface area contributed by atoms with Crippen molar-refractivity contribution in [3.8, 4) is 18.4 Å². The summed E-state index contributed by atoms with van der Waals surface area (Å²) < 4.78 is 0. The Morgan fingerprint density at radius 1 is 1.50 bits per heavy atom.